The largest absolute Gasteiger partial charge is 0.491 e. The fourth-order valence-electron chi connectivity index (χ4n) is 2.99. The average molecular weight is 275 g/mol. The smallest absolute Gasteiger partial charge is 0.182 e. The highest BCUT2D eigenvalue weighted by atomic mass is 16.5. The number of nitrogens with one attached hydrogen (secondary N) is 1. The Morgan fingerprint density at radius 1 is 1.35 bits per heavy atom. The van der Waals surface area contributed by atoms with Gasteiger partial charge in [-0.3, -0.25) is 4.79 Å². The van der Waals surface area contributed by atoms with Crippen LogP contribution in [0.5, 0.6) is 5.75 Å². The van der Waals surface area contributed by atoms with Gasteiger partial charge in [0.1, 0.15) is 5.75 Å². The third-order valence-corrected chi connectivity index (χ3v) is 3.84. The Balaban J connectivity index is 2.15. The number of ketones is 1. The zero-order valence-electron chi connectivity index (χ0n) is 12.7. The van der Waals surface area contributed by atoms with E-state index in [2.05, 4.69) is 12.2 Å². The average Bonchev–Trinajstić information content (AvgIpc) is 2.88. The summed E-state index contributed by atoms with van der Waals surface area (Å²) in [5.74, 6) is 1.05. The number of carbonyl (C=O) groups is 1. The summed E-state index contributed by atoms with van der Waals surface area (Å²) in [5, 5.41) is 3.44. The first-order valence-electron chi connectivity index (χ1n) is 7.64. The van der Waals surface area contributed by atoms with Crippen LogP contribution in [0.4, 0.5) is 0 Å². The van der Waals surface area contributed by atoms with Gasteiger partial charge in [0.2, 0.25) is 0 Å². The van der Waals surface area contributed by atoms with E-state index in [-0.39, 0.29) is 17.4 Å². The first kappa shape index (κ1) is 15.0. The van der Waals surface area contributed by atoms with Crippen molar-refractivity contribution in [2.24, 2.45) is 0 Å². The molecule has 0 aliphatic carbocycles. The Morgan fingerprint density at radius 3 is 2.55 bits per heavy atom. The van der Waals surface area contributed by atoms with Crippen LogP contribution >= 0.6 is 0 Å². The molecule has 110 valence electrons. The van der Waals surface area contributed by atoms with Gasteiger partial charge in [-0.15, -0.1) is 0 Å². The van der Waals surface area contributed by atoms with Crippen molar-refractivity contribution in [2.45, 2.75) is 58.1 Å². The standard InChI is InChI=1S/C17H25NO2/c1-4-10-17(11-5-12-18-17)16(19)14-6-8-15(9-7-14)20-13(2)3/h6-9,13,18H,4-5,10-12H2,1-3H3. The van der Waals surface area contributed by atoms with Crippen LogP contribution in [-0.4, -0.2) is 24.0 Å². The van der Waals surface area contributed by atoms with E-state index >= 15 is 0 Å². The van der Waals surface area contributed by atoms with Crippen LogP contribution in [0.3, 0.4) is 0 Å². The second kappa shape index (κ2) is 6.40. The zero-order valence-corrected chi connectivity index (χ0v) is 12.7. The molecule has 20 heavy (non-hydrogen) atoms. The lowest BCUT2D eigenvalue weighted by atomic mass is 9.84. The predicted octanol–water partition coefficient (Wildman–Crippen LogP) is 3.58. The van der Waals surface area contributed by atoms with Gasteiger partial charge in [0, 0.05) is 5.56 Å². The molecule has 0 aromatic heterocycles. The number of hydrogen-bond acceptors (Lipinski definition) is 3. The van der Waals surface area contributed by atoms with Gasteiger partial charge in [0.05, 0.1) is 11.6 Å². The summed E-state index contributed by atoms with van der Waals surface area (Å²) in [6, 6.07) is 7.55. The number of hydrogen-bond donors (Lipinski definition) is 1. The van der Waals surface area contributed by atoms with Crippen LogP contribution in [0.1, 0.15) is 56.8 Å². The van der Waals surface area contributed by atoms with Crippen LogP contribution in [-0.2, 0) is 0 Å². The lowest BCUT2D eigenvalue weighted by Gasteiger charge is -2.27. The molecule has 0 saturated carbocycles. The highest BCUT2D eigenvalue weighted by Gasteiger charge is 2.40. The molecule has 1 aromatic carbocycles. The fraction of sp³-hybridized carbons (Fsp3) is 0.588. The second-order valence-electron chi connectivity index (χ2n) is 5.88. The molecule has 1 aliphatic heterocycles. The van der Waals surface area contributed by atoms with E-state index in [4.69, 9.17) is 4.74 Å². The maximum atomic E-state index is 12.8. The van der Waals surface area contributed by atoms with E-state index in [1.165, 1.54) is 0 Å². The first-order chi connectivity index (χ1) is 9.57. The molecule has 1 saturated heterocycles. The van der Waals surface area contributed by atoms with E-state index in [0.29, 0.717) is 0 Å². The Bertz CT molecular complexity index is 445. The third-order valence-electron chi connectivity index (χ3n) is 3.84. The van der Waals surface area contributed by atoms with Crippen molar-refractivity contribution in [3.63, 3.8) is 0 Å². The molecule has 0 bridgehead atoms. The molecule has 2 rings (SSSR count). The Kier molecular flexibility index (Phi) is 4.81. The molecule has 1 heterocycles. The Hall–Kier alpha value is -1.35. The first-order valence-corrected chi connectivity index (χ1v) is 7.64. The summed E-state index contributed by atoms with van der Waals surface area (Å²) in [7, 11) is 0. The molecule has 1 atom stereocenters. The molecule has 1 aromatic rings. The molecule has 1 unspecified atom stereocenters. The van der Waals surface area contributed by atoms with Crippen molar-refractivity contribution >= 4 is 5.78 Å². The van der Waals surface area contributed by atoms with Gasteiger partial charge < -0.3 is 10.1 Å². The van der Waals surface area contributed by atoms with Crippen molar-refractivity contribution in [1.29, 1.82) is 0 Å². The Morgan fingerprint density at radius 2 is 2.05 bits per heavy atom. The lowest BCUT2D eigenvalue weighted by molar-refractivity contribution is 0.0857. The van der Waals surface area contributed by atoms with Crippen LogP contribution in [0.25, 0.3) is 0 Å². The monoisotopic (exact) mass is 275 g/mol. The summed E-state index contributed by atoms with van der Waals surface area (Å²) < 4.78 is 5.62. The normalized spacial score (nSPS) is 22.2. The Labute approximate surface area is 121 Å². The molecule has 0 amide bonds. The zero-order chi connectivity index (χ0) is 14.6. The van der Waals surface area contributed by atoms with E-state index in [1.54, 1.807) is 0 Å². The molecular weight excluding hydrogens is 250 g/mol. The molecule has 0 radical (unpaired) electrons. The highest BCUT2D eigenvalue weighted by molar-refractivity contribution is 6.03. The molecule has 3 heteroatoms. The minimum Gasteiger partial charge on any atom is -0.491 e. The molecule has 1 fully saturated rings. The van der Waals surface area contributed by atoms with E-state index in [0.717, 1.165) is 43.5 Å². The van der Waals surface area contributed by atoms with Crippen molar-refractivity contribution in [3.8, 4) is 5.75 Å². The van der Waals surface area contributed by atoms with Crippen molar-refractivity contribution in [1.82, 2.24) is 5.32 Å². The van der Waals surface area contributed by atoms with Crippen LogP contribution < -0.4 is 10.1 Å². The number of carbonyl (C=O) groups excluding carboxylic acids is 1. The SMILES string of the molecule is CCCC1(C(=O)c2ccc(OC(C)C)cc2)CCCN1. The molecule has 1 aliphatic rings. The van der Waals surface area contributed by atoms with Gasteiger partial charge in [0.15, 0.2) is 5.78 Å². The fourth-order valence-corrected chi connectivity index (χ4v) is 2.99. The predicted molar refractivity (Wildman–Crippen MR) is 81.4 cm³/mol. The van der Waals surface area contributed by atoms with E-state index in [1.807, 2.05) is 38.1 Å². The quantitative estimate of drug-likeness (QED) is 0.806. The molecule has 1 N–H and O–H groups in total. The molecule has 3 nitrogen and oxygen atoms in total. The minimum atomic E-state index is -0.338. The van der Waals surface area contributed by atoms with Crippen molar-refractivity contribution in [2.75, 3.05) is 6.54 Å². The summed E-state index contributed by atoms with van der Waals surface area (Å²) in [6.07, 6.45) is 4.12. The third kappa shape index (κ3) is 3.21. The van der Waals surface area contributed by atoms with Gasteiger partial charge >= 0.3 is 0 Å². The van der Waals surface area contributed by atoms with Crippen LogP contribution in [0.15, 0.2) is 24.3 Å². The second-order valence-corrected chi connectivity index (χ2v) is 5.88. The van der Waals surface area contributed by atoms with E-state index in [9.17, 15) is 4.79 Å². The molecular formula is C17H25NO2. The minimum absolute atomic E-state index is 0.152. The number of rotatable bonds is 6. The summed E-state index contributed by atoms with van der Waals surface area (Å²) in [4.78, 5) is 12.8. The van der Waals surface area contributed by atoms with Crippen LogP contribution in [0, 0.1) is 0 Å². The van der Waals surface area contributed by atoms with E-state index < -0.39 is 0 Å². The molecule has 0 spiro atoms. The summed E-state index contributed by atoms with van der Waals surface area (Å²) >= 11 is 0. The number of Topliss-reactive ketones (excluding diaryl/α,β-unsaturated/α-hetero) is 1. The number of benzene rings is 1. The van der Waals surface area contributed by atoms with Gasteiger partial charge in [0.25, 0.3) is 0 Å². The van der Waals surface area contributed by atoms with Gasteiger partial charge in [-0.25, -0.2) is 0 Å². The van der Waals surface area contributed by atoms with Gasteiger partial charge in [-0.05, 0) is 63.9 Å². The van der Waals surface area contributed by atoms with Crippen molar-refractivity contribution in [3.05, 3.63) is 29.8 Å². The highest BCUT2D eigenvalue weighted by Crippen LogP contribution is 2.29. The van der Waals surface area contributed by atoms with Crippen LogP contribution in [0.2, 0.25) is 0 Å². The lowest BCUT2D eigenvalue weighted by Crippen LogP contribution is -2.47. The van der Waals surface area contributed by atoms with Gasteiger partial charge in [-0.1, -0.05) is 13.3 Å². The topological polar surface area (TPSA) is 38.3 Å². The summed E-state index contributed by atoms with van der Waals surface area (Å²) in [5.41, 5.74) is 0.443. The number of ether oxygens (including phenoxy) is 1. The maximum absolute atomic E-state index is 12.8. The van der Waals surface area contributed by atoms with Gasteiger partial charge in [-0.2, -0.15) is 0 Å². The maximum Gasteiger partial charge on any atom is 0.182 e. The van der Waals surface area contributed by atoms with Crippen molar-refractivity contribution < 1.29 is 9.53 Å². The summed E-state index contributed by atoms with van der Waals surface area (Å²) in [6.45, 7) is 7.07.